The normalized spacial score (nSPS) is 15.5. The van der Waals surface area contributed by atoms with Crippen LogP contribution < -0.4 is 10.1 Å². The predicted molar refractivity (Wildman–Crippen MR) is 132 cm³/mol. The first-order valence-corrected chi connectivity index (χ1v) is 13.1. The van der Waals surface area contributed by atoms with E-state index in [9.17, 15) is 13.2 Å². The Kier molecular flexibility index (Phi) is 7.90. The van der Waals surface area contributed by atoms with E-state index in [1.54, 1.807) is 24.3 Å². The second kappa shape index (κ2) is 11.1. The molecule has 1 fully saturated rings. The standard InChI is InChI=1S/C26H30N2O6S/c1-3-19(2)20-4-8-22(9-5-20)33-18-23-10-13-25(34-23)26(29)27-21-6-11-24(12-7-21)35(30,31)28-14-16-32-17-15-28/h4-13,19H,3,14-18H2,1-2H3,(H,27,29). The Morgan fingerprint density at radius 3 is 2.37 bits per heavy atom. The third kappa shape index (κ3) is 6.11. The van der Waals surface area contributed by atoms with Gasteiger partial charge in [-0.3, -0.25) is 4.79 Å². The maximum atomic E-state index is 12.7. The van der Waals surface area contributed by atoms with Crippen molar-refractivity contribution in [3.63, 3.8) is 0 Å². The maximum Gasteiger partial charge on any atom is 0.291 e. The average molecular weight is 499 g/mol. The first kappa shape index (κ1) is 25.0. The monoisotopic (exact) mass is 498 g/mol. The van der Waals surface area contributed by atoms with Crippen molar-refractivity contribution in [3.05, 3.63) is 77.7 Å². The lowest BCUT2D eigenvalue weighted by Crippen LogP contribution is -2.40. The number of rotatable bonds is 9. The molecule has 186 valence electrons. The van der Waals surface area contributed by atoms with Crippen molar-refractivity contribution in [2.45, 2.75) is 37.7 Å². The van der Waals surface area contributed by atoms with Crippen molar-refractivity contribution in [2.75, 3.05) is 31.6 Å². The van der Waals surface area contributed by atoms with Crippen LogP contribution in [0.1, 0.15) is 48.1 Å². The number of nitrogens with one attached hydrogen (secondary N) is 1. The number of amides is 1. The molecule has 9 heteroatoms. The Bertz CT molecular complexity index is 1230. The summed E-state index contributed by atoms with van der Waals surface area (Å²) in [4.78, 5) is 12.7. The molecule has 1 N–H and O–H groups in total. The van der Waals surface area contributed by atoms with Gasteiger partial charge in [-0.2, -0.15) is 4.31 Å². The van der Waals surface area contributed by atoms with Crippen molar-refractivity contribution in [2.24, 2.45) is 0 Å². The molecule has 1 atom stereocenters. The van der Waals surface area contributed by atoms with Gasteiger partial charge in [-0.15, -0.1) is 0 Å². The number of anilines is 1. The lowest BCUT2D eigenvalue weighted by Gasteiger charge is -2.26. The molecule has 1 aromatic heterocycles. The summed E-state index contributed by atoms with van der Waals surface area (Å²) in [5, 5.41) is 2.72. The van der Waals surface area contributed by atoms with E-state index in [0.29, 0.717) is 43.7 Å². The van der Waals surface area contributed by atoms with Crippen LogP contribution in [0.15, 0.2) is 70.0 Å². The second-order valence-electron chi connectivity index (χ2n) is 8.43. The van der Waals surface area contributed by atoms with Gasteiger partial charge in [0.05, 0.1) is 18.1 Å². The van der Waals surface area contributed by atoms with E-state index < -0.39 is 15.9 Å². The van der Waals surface area contributed by atoms with Crippen LogP contribution >= 0.6 is 0 Å². The molecule has 8 nitrogen and oxygen atoms in total. The van der Waals surface area contributed by atoms with Gasteiger partial charge in [0.15, 0.2) is 5.76 Å². The Hall–Kier alpha value is -3.14. The summed E-state index contributed by atoms with van der Waals surface area (Å²) in [7, 11) is -3.59. The molecule has 2 aromatic carbocycles. The van der Waals surface area contributed by atoms with Crippen LogP contribution in [0, 0.1) is 0 Å². The predicted octanol–water partition coefficient (Wildman–Crippen LogP) is 4.65. The van der Waals surface area contributed by atoms with Gasteiger partial charge in [-0.05, 0) is 66.4 Å². The number of benzene rings is 2. The van der Waals surface area contributed by atoms with Crippen LogP contribution in [0.3, 0.4) is 0 Å². The van der Waals surface area contributed by atoms with Gasteiger partial charge in [-0.1, -0.05) is 26.0 Å². The van der Waals surface area contributed by atoms with Crippen molar-refractivity contribution >= 4 is 21.6 Å². The summed E-state index contributed by atoms with van der Waals surface area (Å²) in [6.07, 6.45) is 1.08. The molecule has 0 spiro atoms. The summed E-state index contributed by atoms with van der Waals surface area (Å²) in [5.74, 6) is 1.46. The highest BCUT2D eigenvalue weighted by molar-refractivity contribution is 7.89. The summed E-state index contributed by atoms with van der Waals surface area (Å²) in [6.45, 7) is 5.97. The van der Waals surface area contributed by atoms with E-state index in [-0.39, 0.29) is 17.3 Å². The molecule has 3 aromatic rings. The third-order valence-corrected chi connectivity index (χ3v) is 7.96. The van der Waals surface area contributed by atoms with Crippen molar-refractivity contribution in [1.29, 1.82) is 0 Å². The van der Waals surface area contributed by atoms with Crippen LogP contribution in [0.2, 0.25) is 0 Å². The van der Waals surface area contributed by atoms with Crippen LogP contribution in [-0.2, 0) is 21.4 Å². The fourth-order valence-electron chi connectivity index (χ4n) is 3.70. The fraction of sp³-hybridized carbons (Fsp3) is 0.346. The number of morpholine rings is 1. The maximum absolute atomic E-state index is 12.7. The highest BCUT2D eigenvalue weighted by Crippen LogP contribution is 2.23. The molecule has 1 amide bonds. The molecule has 1 aliphatic heterocycles. The van der Waals surface area contributed by atoms with Gasteiger partial charge >= 0.3 is 0 Å². The van der Waals surface area contributed by atoms with E-state index in [1.165, 1.54) is 22.0 Å². The zero-order valence-electron chi connectivity index (χ0n) is 19.9. The average Bonchev–Trinajstić information content (AvgIpc) is 3.37. The molecule has 0 saturated carbocycles. The SMILES string of the molecule is CCC(C)c1ccc(OCc2ccc(C(=O)Nc3ccc(S(=O)(=O)N4CCOCC4)cc3)o2)cc1. The molecule has 1 unspecified atom stereocenters. The number of hydrogen-bond acceptors (Lipinski definition) is 6. The first-order chi connectivity index (χ1) is 16.9. The Balaban J connectivity index is 1.32. The van der Waals surface area contributed by atoms with Crippen LogP contribution in [-0.4, -0.2) is 44.9 Å². The van der Waals surface area contributed by atoms with Gasteiger partial charge in [-0.25, -0.2) is 8.42 Å². The Labute approximate surface area is 205 Å². The number of sulfonamides is 1. The summed E-state index contributed by atoms with van der Waals surface area (Å²) in [5.41, 5.74) is 1.73. The number of furan rings is 1. The second-order valence-corrected chi connectivity index (χ2v) is 10.4. The lowest BCUT2D eigenvalue weighted by molar-refractivity contribution is 0.0730. The number of carbonyl (C=O) groups is 1. The quantitative estimate of drug-likeness (QED) is 0.461. The van der Waals surface area contributed by atoms with Gasteiger partial charge in [0.25, 0.3) is 5.91 Å². The molecule has 4 rings (SSSR count). The lowest BCUT2D eigenvalue weighted by atomic mass is 9.99. The Morgan fingerprint density at radius 2 is 1.71 bits per heavy atom. The number of ether oxygens (including phenoxy) is 2. The Morgan fingerprint density at radius 1 is 1.03 bits per heavy atom. The summed E-state index contributed by atoms with van der Waals surface area (Å²) < 4.78 is 43.5. The van der Waals surface area contributed by atoms with Crippen molar-refractivity contribution in [1.82, 2.24) is 4.31 Å². The van der Waals surface area contributed by atoms with E-state index in [2.05, 4.69) is 31.3 Å². The van der Waals surface area contributed by atoms with Crippen LogP contribution in [0.25, 0.3) is 0 Å². The zero-order chi connectivity index (χ0) is 24.8. The molecule has 0 aliphatic carbocycles. The molecule has 1 aliphatic rings. The fourth-order valence-corrected chi connectivity index (χ4v) is 5.11. The number of nitrogens with zero attached hydrogens (tertiary/aromatic N) is 1. The molecular formula is C26H30N2O6S. The molecule has 35 heavy (non-hydrogen) atoms. The van der Waals surface area contributed by atoms with Gasteiger partial charge in [0, 0.05) is 18.8 Å². The van der Waals surface area contributed by atoms with Crippen molar-refractivity contribution in [3.8, 4) is 5.75 Å². The van der Waals surface area contributed by atoms with E-state index in [4.69, 9.17) is 13.9 Å². The third-order valence-electron chi connectivity index (χ3n) is 6.05. The first-order valence-electron chi connectivity index (χ1n) is 11.7. The molecule has 0 radical (unpaired) electrons. The number of carbonyl (C=O) groups excluding carboxylic acids is 1. The highest BCUT2D eigenvalue weighted by Gasteiger charge is 2.26. The van der Waals surface area contributed by atoms with Crippen LogP contribution in [0.5, 0.6) is 5.75 Å². The van der Waals surface area contributed by atoms with E-state index >= 15 is 0 Å². The zero-order valence-corrected chi connectivity index (χ0v) is 20.7. The van der Waals surface area contributed by atoms with E-state index in [1.807, 2.05) is 12.1 Å². The molecule has 0 bridgehead atoms. The topological polar surface area (TPSA) is 98.1 Å². The summed E-state index contributed by atoms with van der Waals surface area (Å²) in [6, 6.07) is 17.3. The minimum atomic E-state index is -3.59. The highest BCUT2D eigenvalue weighted by atomic mass is 32.2. The summed E-state index contributed by atoms with van der Waals surface area (Å²) >= 11 is 0. The minimum absolute atomic E-state index is 0.140. The molecular weight excluding hydrogens is 468 g/mol. The van der Waals surface area contributed by atoms with Gasteiger partial charge in [0.1, 0.15) is 18.1 Å². The number of hydrogen-bond donors (Lipinski definition) is 1. The molecule has 2 heterocycles. The van der Waals surface area contributed by atoms with Crippen LogP contribution in [0.4, 0.5) is 5.69 Å². The minimum Gasteiger partial charge on any atom is -0.486 e. The van der Waals surface area contributed by atoms with Crippen molar-refractivity contribution < 1.29 is 27.1 Å². The van der Waals surface area contributed by atoms with Gasteiger partial charge in [0.2, 0.25) is 10.0 Å². The smallest absolute Gasteiger partial charge is 0.291 e. The molecule has 1 saturated heterocycles. The van der Waals surface area contributed by atoms with E-state index in [0.717, 1.165) is 12.2 Å². The largest absolute Gasteiger partial charge is 0.486 e. The van der Waals surface area contributed by atoms with Gasteiger partial charge < -0.3 is 19.2 Å².